The number of aryl methyl sites for hydroxylation is 1. The third kappa shape index (κ3) is 4.92. The molecule has 6 nitrogen and oxygen atoms in total. The molecule has 0 spiro atoms. The Hall–Kier alpha value is -3.61. The molecule has 1 aliphatic carbocycles. The summed E-state index contributed by atoms with van der Waals surface area (Å²) >= 11 is 0. The zero-order chi connectivity index (χ0) is 23.4. The Morgan fingerprint density at radius 3 is 2.45 bits per heavy atom. The maximum absolute atomic E-state index is 14.6. The molecule has 1 fully saturated rings. The van der Waals surface area contributed by atoms with Gasteiger partial charge in [0.2, 0.25) is 5.91 Å². The van der Waals surface area contributed by atoms with Gasteiger partial charge in [0.15, 0.2) is 5.76 Å². The van der Waals surface area contributed by atoms with Crippen LogP contribution >= 0.6 is 0 Å². The minimum atomic E-state index is -1.03. The Bertz CT molecular complexity index is 1110. The number of hydrogen-bond acceptors (Lipinski definition) is 4. The summed E-state index contributed by atoms with van der Waals surface area (Å²) in [6.07, 6.45) is 5.29. The van der Waals surface area contributed by atoms with Crippen LogP contribution in [0.2, 0.25) is 0 Å². The molecule has 0 saturated heterocycles. The van der Waals surface area contributed by atoms with E-state index in [1.54, 1.807) is 56.5 Å². The average Bonchev–Trinajstić information content (AvgIpc) is 3.54. The molecule has 2 amide bonds. The van der Waals surface area contributed by atoms with Crippen molar-refractivity contribution in [2.45, 2.75) is 44.7 Å². The van der Waals surface area contributed by atoms with Crippen LogP contribution in [0.5, 0.6) is 5.75 Å². The molecule has 1 unspecified atom stereocenters. The first kappa shape index (κ1) is 22.6. The van der Waals surface area contributed by atoms with Crippen molar-refractivity contribution < 1.29 is 23.1 Å². The quantitative estimate of drug-likeness (QED) is 0.538. The summed E-state index contributed by atoms with van der Waals surface area (Å²) in [7, 11) is 1.56. The van der Waals surface area contributed by atoms with Gasteiger partial charge >= 0.3 is 0 Å². The first-order valence-electron chi connectivity index (χ1n) is 11.1. The highest BCUT2D eigenvalue weighted by Crippen LogP contribution is 2.32. The van der Waals surface area contributed by atoms with Crippen LogP contribution in [0.3, 0.4) is 0 Å². The van der Waals surface area contributed by atoms with E-state index in [1.807, 2.05) is 0 Å². The lowest BCUT2D eigenvalue weighted by Crippen LogP contribution is -2.46. The number of carbonyl (C=O) groups excluding carboxylic acids is 2. The Morgan fingerprint density at radius 2 is 1.85 bits per heavy atom. The van der Waals surface area contributed by atoms with Crippen LogP contribution < -0.4 is 15.0 Å². The van der Waals surface area contributed by atoms with E-state index in [4.69, 9.17) is 9.15 Å². The van der Waals surface area contributed by atoms with E-state index in [1.165, 1.54) is 23.3 Å². The molecule has 4 rings (SSSR count). The van der Waals surface area contributed by atoms with Crippen LogP contribution in [0.25, 0.3) is 0 Å². The van der Waals surface area contributed by atoms with E-state index < -0.39 is 17.8 Å². The van der Waals surface area contributed by atoms with Gasteiger partial charge in [-0.15, -0.1) is 0 Å². The van der Waals surface area contributed by atoms with Crippen LogP contribution in [0.1, 0.15) is 53.4 Å². The largest absolute Gasteiger partial charge is 0.497 e. The first-order valence-corrected chi connectivity index (χ1v) is 11.1. The number of nitrogens with zero attached hydrogens (tertiary/aromatic N) is 1. The highest BCUT2D eigenvalue weighted by Gasteiger charge is 2.36. The van der Waals surface area contributed by atoms with Gasteiger partial charge in [-0.05, 0) is 67.3 Å². The van der Waals surface area contributed by atoms with Crippen molar-refractivity contribution in [3.63, 3.8) is 0 Å². The zero-order valence-electron chi connectivity index (χ0n) is 18.7. The van der Waals surface area contributed by atoms with Gasteiger partial charge in [0.25, 0.3) is 5.91 Å². The smallest absolute Gasteiger partial charge is 0.294 e. The highest BCUT2D eigenvalue weighted by atomic mass is 19.1. The Balaban J connectivity index is 1.82. The molecule has 1 aliphatic rings. The van der Waals surface area contributed by atoms with E-state index >= 15 is 0 Å². The first-order chi connectivity index (χ1) is 16.0. The normalized spacial score (nSPS) is 14.6. The van der Waals surface area contributed by atoms with Crippen LogP contribution in [-0.2, 0) is 4.79 Å². The third-order valence-electron chi connectivity index (χ3n) is 6.02. The van der Waals surface area contributed by atoms with Crippen LogP contribution in [0, 0.1) is 12.7 Å². The van der Waals surface area contributed by atoms with Crippen LogP contribution in [-0.4, -0.2) is 25.0 Å². The predicted octanol–water partition coefficient (Wildman–Crippen LogP) is 5.18. The second-order valence-corrected chi connectivity index (χ2v) is 8.25. The lowest BCUT2D eigenvalue weighted by Gasteiger charge is -2.32. The van der Waals surface area contributed by atoms with E-state index in [2.05, 4.69) is 5.32 Å². The maximum atomic E-state index is 14.6. The second-order valence-electron chi connectivity index (χ2n) is 8.25. The van der Waals surface area contributed by atoms with Gasteiger partial charge in [0, 0.05) is 11.7 Å². The van der Waals surface area contributed by atoms with Gasteiger partial charge in [-0.25, -0.2) is 4.39 Å². The summed E-state index contributed by atoms with van der Waals surface area (Å²) in [6, 6.07) is 13.6. The van der Waals surface area contributed by atoms with Crippen LogP contribution in [0.15, 0.2) is 65.3 Å². The number of furan rings is 1. The number of hydrogen-bond donors (Lipinski definition) is 1. The summed E-state index contributed by atoms with van der Waals surface area (Å²) in [5, 5.41) is 3.09. The fourth-order valence-corrected chi connectivity index (χ4v) is 4.19. The van der Waals surface area contributed by atoms with Gasteiger partial charge in [-0.2, -0.15) is 0 Å². The molecule has 1 N–H and O–H groups in total. The number of carbonyl (C=O) groups is 2. The monoisotopic (exact) mass is 450 g/mol. The number of amides is 2. The molecule has 3 aromatic rings. The van der Waals surface area contributed by atoms with Crippen molar-refractivity contribution >= 4 is 17.5 Å². The molecular formula is C26H27FN2O4. The van der Waals surface area contributed by atoms with Crippen molar-refractivity contribution in [1.29, 1.82) is 0 Å². The average molecular weight is 451 g/mol. The van der Waals surface area contributed by atoms with Crippen molar-refractivity contribution in [3.8, 4) is 5.75 Å². The number of ether oxygens (including phenoxy) is 1. The molecule has 2 aromatic carbocycles. The zero-order valence-corrected chi connectivity index (χ0v) is 18.7. The van der Waals surface area contributed by atoms with Crippen molar-refractivity contribution in [2.75, 3.05) is 12.0 Å². The minimum absolute atomic E-state index is 0.0496. The lowest BCUT2D eigenvalue weighted by molar-refractivity contribution is -0.123. The number of rotatable bonds is 7. The Morgan fingerprint density at radius 1 is 1.12 bits per heavy atom. The van der Waals surface area contributed by atoms with E-state index in [0.29, 0.717) is 16.9 Å². The summed E-state index contributed by atoms with van der Waals surface area (Å²) in [6.45, 7) is 1.64. The second kappa shape index (κ2) is 9.90. The fraction of sp³-hybridized carbons (Fsp3) is 0.308. The van der Waals surface area contributed by atoms with E-state index in [9.17, 15) is 14.0 Å². The molecule has 33 heavy (non-hydrogen) atoms. The van der Waals surface area contributed by atoms with Gasteiger partial charge in [0.1, 0.15) is 17.6 Å². The highest BCUT2D eigenvalue weighted by molar-refractivity contribution is 6.08. The van der Waals surface area contributed by atoms with Gasteiger partial charge in [-0.1, -0.05) is 31.0 Å². The summed E-state index contributed by atoms with van der Waals surface area (Å²) < 4.78 is 25.2. The van der Waals surface area contributed by atoms with Crippen molar-refractivity contribution in [1.82, 2.24) is 5.32 Å². The van der Waals surface area contributed by atoms with Crippen molar-refractivity contribution in [2.24, 2.45) is 0 Å². The topological polar surface area (TPSA) is 71.8 Å². The predicted molar refractivity (Wildman–Crippen MR) is 123 cm³/mol. The molecule has 1 heterocycles. The van der Waals surface area contributed by atoms with Crippen molar-refractivity contribution in [3.05, 3.63) is 83.6 Å². The Kier molecular flexibility index (Phi) is 6.77. The molecule has 1 atom stereocenters. The third-order valence-corrected chi connectivity index (χ3v) is 6.02. The number of anilines is 1. The van der Waals surface area contributed by atoms with E-state index in [0.717, 1.165) is 25.7 Å². The Labute approximate surface area is 192 Å². The number of halogens is 1. The standard InChI is InChI=1S/C26H27FN2O4/c1-17-9-12-20(16-22(17)27)29(26(31)23-8-5-15-33-23)24(18-10-13-21(32-2)14-11-18)25(30)28-19-6-3-4-7-19/h5,8-16,19,24H,3-4,6-7H2,1-2H3,(H,28,30). The fourth-order valence-electron chi connectivity index (χ4n) is 4.19. The molecule has 1 saturated carbocycles. The molecule has 0 aliphatic heterocycles. The number of benzene rings is 2. The molecule has 172 valence electrons. The minimum Gasteiger partial charge on any atom is -0.497 e. The van der Waals surface area contributed by atoms with Gasteiger partial charge < -0.3 is 14.5 Å². The summed E-state index contributed by atoms with van der Waals surface area (Å²) in [5.41, 5.74) is 1.29. The molecular weight excluding hydrogens is 423 g/mol. The number of nitrogens with one attached hydrogen (secondary N) is 1. The SMILES string of the molecule is COc1ccc(C(C(=O)NC2CCCC2)N(C(=O)c2ccco2)c2ccc(C)c(F)c2)cc1. The van der Waals surface area contributed by atoms with Crippen LogP contribution in [0.4, 0.5) is 10.1 Å². The lowest BCUT2D eigenvalue weighted by atomic mass is 10.0. The summed E-state index contributed by atoms with van der Waals surface area (Å²) in [5.74, 6) is -0.643. The molecule has 1 aromatic heterocycles. The number of methoxy groups -OCH3 is 1. The van der Waals surface area contributed by atoms with Gasteiger partial charge in [0.05, 0.1) is 13.4 Å². The summed E-state index contributed by atoms with van der Waals surface area (Å²) in [4.78, 5) is 28.5. The van der Waals surface area contributed by atoms with E-state index in [-0.39, 0.29) is 23.4 Å². The van der Waals surface area contributed by atoms with Gasteiger partial charge in [-0.3, -0.25) is 14.5 Å². The molecule has 0 bridgehead atoms. The molecule has 0 radical (unpaired) electrons. The molecule has 7 heteroatoms. The maximum Gasteiger partial charge on any atom is 0.294 e.